The summed E-state index contributed by atoms with van der Waals surface area (Å²) in [4.78, 5) is 21.7. The Hall–Kier alpha value is -1.73. The summed E-state index contributed by atoms with van der Waals surface area (Å²) in [6.45, 7) is 8.07. The molecule has 1 saturated heterocycles. The van der Waals surface area contributed by atoms with E-state index in [0.717, 1.165) is 41.9 Å². The minimum absolute atomic E-state index is 0.0838. The minimum atomic E-state index is -0.0838. The van der Waals surface area contributed by atoms with Gasteiger partial charge in [0.25, 0.3) is 0 Å². The van der Waals surface area contributed by atoms with Crippen LogP contribution in [0.3, 0.4) is 0 Å². The summed E-state index contributed by atoms with van der Waals surface area (Å²) < 4.78 is 3.19. The molecular weight excluding hydrogens is 310 g/mol. The summed E-state index contributed by atoms with van der Waals surface area (Å²) in [6, 6.07) is 0. The van der Waals surface area contributed by atoms with Gasteiger partial charge in [0.05, 0.1) is 11.9 Å². The summed E-state index contributed by atoms with van der Waals surface area (Å²) in [5.74, 6) is 0. The lowest BCUT2D eigenvalue weighted by Gasteiger charge is -2.13. The lowest BCUT2D eigenvalue weighted by Crippen LogP contribution is -2.29. The van der Waals surface area contributed by atoms with Gasteiger partial charge < -0.3 is 4.90 Å². The van der Waals surface area contributed by atoms with Gasteiger partial charge >= 0.3 is 5.69 Å². The zero-order chi connectivity index (χ0) is 16.0. The summed E-state index contributed by atoms with van der Waals surface area (Å²) in [5.41, 5.74) is 1.93. The van der Waals surface area contributed by atoms with Crippen LogP contribution in [0.4, 0.5) is 0 Å². The van der Waals surface area contributed by atoms with E-state index in [2.05, 4.69) is 28.8 Å². The second-order valence-corrected chi connectivity index (χ2v) is 7.37. The van der Waals surface area contributed by atoms with Crippen LogP contribution < -0.4 is 5.69 Å². The van der Waals surface area contributed by atoms with Crippen molar-refractivity contribution in [2.75, 3.05) is 19.6 Å². The molecular formula is C16H21N5OS. The number of likely N-dealkylation sites (tertiary alicyclic amines) is 1. The third kappa shape index (κ3) is 2.38. The van der Waals surface area contributed by atoms with Gasteiger partial charge in [-0.3, -0.25) is 0 Å². The third-order valence-electron chi connectivity index (χ3n) is 4.76. The molecule has 0 radical (unpaired) electrons. The van der Waals surface area contributed by atoms with Crippen molar-refractivity contribution in [3.05, 3.63) is 27.3 Å². The Kier molecular flexibility index (Phi) is 3.69. The van der Waals surface area contributed by atoms with E-state index >= 15 is 0 Å². The Balaban J connectivity index is 1.79. The Morgan fingerprint density at radius 2 is 2.04 bits per heavy atom. The summed E-state index contributed by atoms with van der Waals surface area (Å²) in [7, 11) is 0. The molecule has 0 amide bonds. The standard InChI is InChI=1S/C16H21N5OS/c1-3-12-11(2)23-15-13(12)14-18-21(16(22)20(14)10-17-15)9-8-19-6-4-5-7-19/h10H,3-9H2,1-2H3. The molecule has 0 saturated carbocycles. The normalized spacial score (nSPS) is 16.1. The number of hydrogen-bond donors (Lipinski definition) is 0. The Bertz CT molecular complexity index is 916. The fourth-order valence-corrected chi connectivity index (χ4v) is 4.58. The maximum atomic E-state index is 12.6. The predicted octanol–water partition coefficient (Wildman–Crippen LogP) is 2.07. The van der Waals surface area contributed by atoms with Gasteiger partial charge in [-0.1, -0.05) is 6.92 Å². The van der Waals surface area contributed by atoms with Crippen LogP contribution in [0, 0.1) is 6.92 Å². The molecule has 4 rings (SSSR count). The maximum Gasteiger partial charge on any atom is 0.351 e. The molecule has 6 nitrogen and oxygen atoms in total. The van der Waals surface area contributed by atoms with E-state index < -0.39 is 0 Å². The summed E-state index contributed by atoms with van der Waals surface area (Å²) >= 11 is 1.68. The van der Waals surface area contributed by atoms with Gasteiger partial charge in [-0.15, -0.1) is 16.4 Å². The van der Waals surface area contributed by atoms with Crippen LogP contribution >= 0.6 is 11.3 Å². The Labute approximate surface area is 138 Å². The number of fused-ring (bicyclic) bond motifs is 3. The van der Waals surface area contributed by atoms with Gasteiger partial charge in [0, 0.05) is 11.4 Å². The largest absolute Gasteiger partial charge is 0.351 e. The van der Waals surface area contributed by atoms with Gasteiger partial charge in [0.15, 0.2) is 5.65 Å². The van der Waals surface area contributed by atoms with Crippen molar-refractivity contribution in [2.45, 2.75) is 39.7 Å². The van der Waals surface area contributed by atoms with Crippen LogP contribution in [0.15, 0.2) is 11.1 Å². The lowest BCUT2D eigenvalue weighted by atomic mass is 10.1. The fourth-order valence-electron chi connectivity index (χ4n) is 3.50. The predicted molar refractivity (Wildman–Crippen MR) is 92.4 cm³/mol. The quantitative estimate of drug-likeness (QED) is 0.734. The molecule has 122 valence electrons. The van der Waals surface area contributed by atoms with Crippen LogP contribution in [0.2, 0.25) is 0 Å². The topological polar surface area (TPSA) is 55.4 Å². The number of nitrogens with zero attached hydrogens (tertiary/aromatic N) is 5. The molecule has 1 aliphatic heterocycles. The minimum Gasteiger partial charge on any atom is -0.301 e. The smallest absolute Gasteiger partial charge is 0.301 e. The third-order valence-corrected chi connectivity index (χ3v) is 5.81. The lowest BCUT2D eigenvalue weighted by molar-refractivity contribution is 0.313. The number of rotatable bonds is 4. The van der Waals surface area contributed by atoms with Crippen molar-refractivity contribution in [2.24, 2.45) is 0 Å². The van der Waals surface area contributed by atoms with Crippen LogP contribution in [-0.4, -0.2) is 43.7 Å². The molecule has 7 heteroatoms. The summed E-state index contributed by atoms with van der Waals surface area (Å²) in [6.07, 6.45) is 5.08. The monoisotopic (exact) mass is 331 g/mol. The first-order valence-electron chi connectivity index (χ1n) is 8.27. The van der Waals surface area contributed by atoms with Crippen LogP contribution in [0.5, 0.6) is 0 Å². The van der Waals surface area contributed by atoms with Gasteiger partial charge in [0.2, 0.25) is 0 Å². The highest BCUT2D eigenvalue weighted by Crippen LogP contribution is 2.31. The van der Waals surface area contributed by atoms with E-state index in [0.29, 0.717) is 6.54 Å². The summed E-state index contributed by atoms with van der Waals surface area (Å²) in [5, 5.41) is 5.68. The molecule has 3 aromatic heterocycles. The SMILES string of the molecule is CCc1c(C)sc2ncn3c(=O)n(CCN4CCCC4)nc3c12. The molecule has 0 atom stereocenters. The van der Waals surface area contributed by atoms with Crippen molar-refractivity contribution in [1.82, 2.24) is 24.1 Å². The van der Waals surface area contributed by atoms with E-state index in [-0.39, 0.29) is 5.69 Å². The molecule has 1 aliphatic rings. The average Bonchev–Trinajstić information content (AvgIpc) is 3.23. The molecule has 0 aromatic carbocycles. The zero-order valence-corrected chi connectivity index (χ0v) is 14.4. The first kappa shape index (κ1) is 14.8. The molecule has 1 fully saturated rings. The highest BCUT2D eigenvalue weighted by molar-refractivity contribution is 7.18. The second kappa shape index (κ2) is 5.72. The molecule has 23 heavy (non-hydrogen) atoms. The van der Waals surface area contributed by atoms with E-state index in [1.165, 1.54) is 23.3 Å². The highest BCUT2D eigenvalue weighted by Gasteiger charge is 2.18. The fraction of sp³-hybridized carbons (Fsp3) is 0.562. The van der Waals surface area contributed by atoms with Crippen LogP contribution in [-0.2, 0) is 13.0 Å². The van der Waals surface area contributed by atoms with Crippen molar-refractivity contribution in [3.63, 3.8) is 0 Å². The maximum absolute atomic E-state index is 12.6. The molecule has 0 N–H and O–H groups in total. The van der Waals surface area contributed by atoms with E-state index in [1.54, 1.807) is 26.7 Å². The van der Waals surface area contributed by atoms with E-state index in [9.17, 15) is 4.79 Å². The van der Waals surface area contributed by atoms with Crippen molar-refractivity contribution < 1.29 is 0 Å². The second-order valence-electron chi connectivity index (χ2n) is 6.16. The van der Waals surface area contributed by atoms with Crippen molar-refractivity contribution >= 4 is 27.2 Å². The Morgan fingerprint density at radius 1 is 1.26 bits per heavy atom. The molecule has 0 spiro atoms. The number of thiophene rings is 1. The first-order chi connectivity index (χ1) is 11.2. The zero-order valence-electron chi connectivity index (χ0n) is 13.6. The van der Waals surface area contributed by atoms with Crippen LogP contribution in [0.1, 0.15) is 30.2 Å². The molecule has 0 unspecified atom stereocenters. The average molecular weight is 331 g/mol. The molecule has 0 aliphatic carbocycles. The van der Waals surface area contributed by atoms with Gasteiger partial charge in [-0.25, -0.2) is 18.9 Å². The van der Waals surface area contributed by atoms with Gasteiger partial charge in [-0.2, -0.15) is 0 Å². The van der Waals surface area contributed by atoms with Gasteiger partial charge in [0.1, 0.15) is 11.2 Å². The number of hydrogen-bond acceptors (Lipinski definition) is 5. The van der Waals surface area contributed by atoms with Crippen molar-refractivity contribution in [1.29, 1.82) is 0 Å². The Morgan fingerprint density at radius 3 is 2.78 bits per heavy atom. The first-order valence-corrected chi connectivity index (χ1v) is 9.09. The number of aryl methyl sites for hydroxylation is 2. The van der Waals surface area contributed by atoms with Gasteiger partial charge in [-0.05, 0) is 44.8 Å². The molecule has 4 heterocycles. The highest BCUT2D eigenvalue weighted by atomic mass is 32.1. The van der Waals surface area contributed by atoms with E-state index in [4.69, 9.17) is 0 Å². The molecule has 3 aromatic rings. The van der Waals surface area contributed by atoms with E-state index in [1.807, 2.05) is 0 Å². The molecule has 0 bridgehead atoms. The number of aromatic nitrogens is 4. The van der Waals surface area contributed by atoms with Crippen molar-refractivity contribution in [3.8, 4) is 0 Å². The van der Waals surface area contributed by atoms with Crippen LogP contribution in [0.25, 0.3) is 15.9 Å².